The number of ether oxygens (including phenoxy) is 3. The van der Waals surface area contributed by atoms with Crippen molar-refractivity contribution in [3.05, 3.63) is 22.7 Å². The lowest BCUT2D eigenvalue weighted by molar-refractivity contribution is -0.161. The number of anilines is 1. The molecule has 1 aromatic heterocycles. The topological polar surface area (TPSA) is 265 Å². The second-order valence-electron chi connectivity index (χ2n) is 16.6. The Bertz CT molecular complexity index is 1550. The minimum atomic E-state index is -5.41. The number of phosphoric ester groups is 2. The van der Waals surface area contributed by atoms with Crippen molar-refractivity contribution in [3.8, 4) is 0 Å². The molecule has 1 saturated heterocycles. The lowest BCUT2D eigenvalue weighted by atomic mass is 10.00. The molecule has 0 spiro atoms. The van der Waals surface area contributed by atoms with Gasteiger partial charge in [0.05, 0.1) is 13.2 Å². The second kappa shape index (κ2) is 30.0. The number of hydrogen-bond donors (Lipinski definition) is 5. The number of nitrogen functional groups attached to an aromatic ring is 1. The van der Waals surface area contributed by atoms with Gasteiger partial charge in [-0.1, -0.05) is 137 Å². The number of unbranched alkanes of at least 4 members (excludes halogenated alkanes) is 14. The number of aliphatic hydroxyl groups is 2. The van der Waals surface area contributed by atoms with Crippen molar-refractivity contribution in [1.29, 1.82) is 0 Å². The molecular weight excluding hydrogens is 836 g/mol. The van der Waals surface area contributed by atoms with Gasteiger partial charge in [0, 0.05) is 19.0 Å². The van der Waals surface area contributed by atoms with Crippen LogP contribution in [0.1, 0.15) is 169 Å². The second-order valence-corrected chi connectivity index (χ2v) is 19.7. The van der Waals surface area contributed by atoms with Crippen molar-refractivity contribution >= 4 is 33.4 Å². The normalized spacial score (nSPS) is 20.9. The molecular formula is C41H75N3O15P2. The van der Waals surface area contributed by atoms with Crippen LogP contribution < -0.4 is 11.4 Å². The molecule has 0 saturated carbocycles. The molecule has 2 rings (SSSR count). The Labute approximate surface area is 361 Å². The van der Waals surface area contributed by atoms with Crippen LogP contribution in [0, 0.1) is 11.8 Å². The van der Waals surface area contributed by atoms with Crippen LogP contribution in [0.2, 0.25) is 0 Å². The zero-order valence-corrected chi connectivity index (χ0v) is 38.6. The molecule has 354 valence electrons. The molecule has 0 aliphatic carbocycles. The third kappa shape index (κ3) is 24.4. The van der Waals surface area contributed by atoms with E-state index >= 15 is 0 Å². The maximum atomic E-state index is 12.8. The van der Waals surface area contributed by atoms with Crippen LogP contribution in [-0.4, -0.2) is 85.7 Å². The van der Waals surface area contributed by atoms with Crippen LogP contribution in [0.15, 0.2) is 17.1 Å². The first kappa shape index (κ1) is 54.9. The molecule has 1 aromatic rings. The summed E-state index contributed by atoms with van der Waals surface area (Å²) in [5, 5.41) is 20.8. The zero-order valence-electron chi connectivity index (χ0n) is 36.8. The van der Waals surface area contributed by atoms with E-state index in [0.29, 0.717) is 18.8 Å². The predicted molar refractivity (Wildman–Crippen MR) is 229 cm³/mol. The third-order valence-electron chi connectivity index (χ3n) is 10.7. The van der Waals surface area contributed by atoms with Crippen LogP contribution >= 0.6 is 15.6 Å². The first-order valence-corrected chi connectivity index (χ1v) is 25.3. The number of aromatic nitrogens is 2. The van der Waals surface area contributed by atoms with Crippen LogP contribution in [-0.2, 0) is 46.3 Å². The lowest BCUT2D eigenvalue weighted by Gasteiger charge is -2.21. The minimum Gasteiger partial charge on any atom is -0.462 e. The van der Waals surface area contributed by atoms with E-state index in [0.717, 1.165) is 74.5 Å². The van der Waals surface area contributed by atoms with Crippen molar-refractivity contribution in [2.24, 2.45) is 11.8 Å². The molecule has 0 radical (unpaired) electrons. The van der Waals surface area contributed by atoms with E-state index in [2.05, 4.69) is 37.0 Å². The van der Waals surface area contributed by atoms with Gasteiger partial charge in [0.15, 0.2) is 12.3 Å². The van der Waals surface area contributed by atoms with E-state index in [4.69, 9.17) is 29.0 Å². The SMILES string of the molecule is CCC(C)CCCCCCCCC(=O)O[C@H](COC(=O)CCCCCCCCCCCCC(C)C)COP(=O)(O)OP(=O)(O)OC[C@H]1O[C@@H](n2ccc(N)nc2=O)C(O)[C@H]1O. The molecule has 6 N–H and O–H groups in total. The number of rotatable bonds is 35. The quantitative estimate of drug-likeness (QED) is 0.0249. The maximum absolute atomic E-state index is 12.8. The van der Waals surface area contributed by atoms with Crippen molar-refractivity contribution in [2.75, 3.05) is 25.6 Å². The largest absolute Gasteiger partial charge is 0.481 e. The van der Waals surface area contributed by atoms with Crippen molar-refractivity contribution < 1.29 is 66.3 Å². The number of aliphatic hydroxyl groups excluding tert-OH is 2. The van der Waals surface area contributed by atoms with Crippen LogP contribution in [0.4, 0.5) is 5.82 Å². The first-order valence-electron chi connectivity index (χ1n) is 22.3. The summed E-state index contributed by atoms with van der Waals surface area (Å²) in [5.74, 6) is 0.177. The molecule has 0 bridgehead atoms. The van der Waals surface area contributed by atoms with Gasteiger partial charge >= 0.3 is 33.3 Å². The van der Waals surface area contributed by atoms with E-state index in [1.165, 1.54) is 57.4 Å². The number of phosphoric acid groups is 2. The fraction of sp³-hybridized carbons (Fsp3) is 0.854. The molecule has 0 amide bonds. The molecule has 8 atom stereocenters. The number of nitrogens with zero attached hydrogens (tertiary/aromatic N) is 2. The highest BCUT2D eigenvalue weighted by atomic mass is 31.3. The zero-order chi connectivity index (χ0) is 45.3. The fourth-order valence-electron chi connectivity index (χ4n) is 6.77. The number of carbonyl (C=O) groups excluding carboxylic acids is 2. The monoisotopic (exact) mass is 911 g/mol. The lowest BCUT2D eigenvalue weighted by Crippen LogP contribution is -2.36. The molecule has 1 aliphatic heterocycles. The Morgan fingerprint density at radius 3 is 1.87 bits per heavy atom. The van der Waals surface area contributed by atoms with Crippen LogP contribution in [0.5, 0.6) is 0 Å². The average molecular weight is 912 g/mol. The maximum Gasteiger partial charge on any atom is 0.481 e. The molecule has 1 aliphatic rings. The third-order valence-corrected chi connectivity index (χ3v) is 13.3. The van der Waals surface area contributed by atoms with Gasteiger partial charge < -0.3 is 39.9 Å². The van der Waals surface area contributed by atoms with E-state index in [1.54, 1.807) is 0 Å². The smallest absolute Gasteiger partial charge is 0.462 e. The van der Waals surface area contributed by atoms with Gasteiger partial charge in [-0.2, -0.15) is 9.29 Å². The number of esters is 2. The van der Waals surface area contributed by atoms with Gasteiger partial charge in [-0.25, -0.2) is 13.9 Å². The first-order chi connectivity index (χ1) is 28.9. The summed E-state index contributed by atoms with van der Waals surface area (Å²) >= 11 is 0. The van der Waals surface area contributed by atoms with Crippen LogP contribution in [0.25, 0.3) is 0 Å². The Balaban J connectivity index is 1.84. The Morgan fingerprint density at radius 1 is 0.787 bits per heavy atom. The summed E-state index contributed by atoms with van der Waals surface area (Å²) < 4.78 is 56.5. The summed E-state index contributed by atoms with van der Waals surface area (Å²) in [4.78, 5) is 61.5. The van der Waals surface area contributed by atoms with E-state index in [1.807, 2.05) is 0 Å². The molecule has 2 heterocycles. The van der Waals surface area contributed by atoms with Gasteiger partial charge in [0.2, 0.25) is 0 Å². The molecule has 18 nitrogen and oxygen atoms in total. The molecule has 61 heavy (non-hydrogen) atoms. The number of carbonyl (C=O) groups is 2. The highest BCUT2D eigenvalue weighted by Crippen LogP contribution is 2.60. The summed E-state index contributed by atoms with van der Waals surface area (Å²) in [6.07, 6.45) is 13.9. The minimum absolute atomic E-state index is 0.0521. The van der Waals surface area contributed by atoms with Gasteiger partial charge in [-0.15, -0.1) is 0 Å². The highest BCUT2D eigenvalue weighted by Gasteiger charge is 2.46. The molecule has 20 heteroatoms. The molecule has 0 aromatic carbocycles. The average Bonchev–Trinajstić information content (AvgIpc) is 3.47. The molecule has 1 fully saturated rings. The van der Waals surface area contributed by atoms with Crippen molar-refractivity contribution in [2.45, 2.75) is 193 Å². The summed E-state index contributed by atoms with van der Waals surface area (Å²) in [7, 11) is -10.8. The Morgan fingerprint density at radius 2 is 1.31 bits per heavy atom. The predicted octanol–water partition coefficient (Wildman–Crippen LogP) is 7.65. The Kier molecular flexibility index (Phi) is 27.0. The summed E-state index contributed by atoms with van der Waals surface area (Å²) in [6.45, 7) is 6.65. The van der Waals surface area contributed by atoms with E-state index in [-0.39, 0.29) is 18.7 Å². The van der Waals surface area contributed by atoms with Gasteiger partial charge in [0.25, 0.3) is 0 Å². The van der Waals surface area contributed by atoms with Crippen molar-refractivity contribution in [1.82, 2.24) is 9.55 Å². The number of nitrogens with two attached hydrogens (primary N) is 1. The molecule has 4 unspecified atom stereocenters. The Hall–Kier alpha value is -2.24. The number of hydrogen-bond acceptors (Lipinski definition) is 15. The van der Waals surface area contributed by atoms with Gasteiger partial charge in [-0.3, -0.25) is 23.2 Å². The van der Waals surface area contributed by atoms with E-state index < -0.39 is 83.7 Å². The van der Waals surface area contributed by atoms with Crippen LogP contribution in [0.3, 0.4) is 0 Å². The summed E-state index contributed by atoms with van der Waals surface area (Å²) in [5.41, 5.74) is 4.58. The van der Waals surface area contributed by atoms with E-state index in [9.17, 15) is 43.5 Å². The standard InChI is InChI=1S/C41H75N3O15P2/c1-5-32(4)23-19-15-12-13-17-21-25-37(46)57-33(28-54-36(45)24-20-16-11-9-7-6-8-10-14-18-22-31(2)3)29-55-60(50,51)59-61(52,53)56-30-34-38(47)39(48)40(58-34)44-27-26-35(42)43-41(44)49/h26-27,31-34,38-40,47-48H,5-25,28-30H2,1-4H3,(H,50,51)(H,52,53)(H2,42,43,49)/t32?,33-,34-,38+,39?,40-/m1/s1. The van der Waals surface area contributed by atoms with Gasteiger partial charge in [0.1, 0.15) is 30.7 Å². The highest BCUT2D eigenvalue weighted by molar-refractivity contribution is 7.61. The van der Waals surface area contributed by atoms with Crippen molar-refractivity contribution in [3.63, 3.8) is 0 Å². The fourth-order valence-corrected chi connectivity index (χ4v) is 8.88. The van der Waals surface area contributed by atoms with Gasteiger partial charge in [-0.05, 0) is 30.7 Å². The summed E-state index contributed by atoms with van der Waals surface area (Å²) in [6, 6.07) is 1.25.